The molecule has 1 N–H and O–H groups in total. The normalized spacial score (nSPS) is 36.8. The Balaban J connectivity index is 1.55. The molecule has 1 aliphatic carbocycles. The van der Waals surface area contributed by atoms with E-state index in [1.165, 1.54) is 71.4 Å². The lowest BCUT2D eigenvalue weighted by molar-refractivity contribution is -0.00490. The first-order valence-corrected chi connectivity index (χ1v) is 8.06. The smallest absolute Gasteiger partial charge is 0.0377 e. The summed E-state index contributed by atoms with van der Waals surface area (Å²) >= 11 is 0. The zero-order valence-corrected chi connectivity index (χ0v) is 11.9. The van der Waals surface area contributed by atoms with Gasteiger partial charge in [-0.2, -0.15) is 0 Å². The van der Waals surface area contributed by atoms with Gasteiger partial charge in [0.15, 0.2) is 0 Å². The van der Waals surface area contributed by atoms with E-state index in [4.69, 9.17) is 0 Å². The van der Waals surface area contributed by atoms with Gasteiger partial charge >= 0.3 is 0 Å². The standard InChI is InChI=1S/C15H29N3/c1-2-7-16-14(6-5-13-3-4-13)15-12-17-8-10-18(15)11-9-17/h13-16H,2-12H2,1H3. The number of fused-ring (bicyclic) bond motifs is 3. The molecule has 0 amide bonds. The van der Waals surface area contributed by atoms with Crippen LogP contribution in [-0.4, -0.2) is 61.2 Å². The molecule has 3 saturated heterocycles. The Labute approximate surface area is 112 Å². The first-order valence-electron chi connectivity index (χ1n) is 8.06. The van der Waals surface area contributed by atoms with Gasteiger partial charge in [-0.05, 0) is 31.7 Å². The molecule has 2 bridgehead atoms. The van der Waals surface area contributed by atoms with Gasteiger partial charge < -0.3 is 5.32 Å². The van der Waals surface area contributed by atoms with Crippen LogP contribution in [0.2, 0.25) is 0 Å². The van der Waals surface area contributed by atoms with Gasteiger partial charge in [0.05, 0.1) is 0 Å². The van der Waals surface area contributed by atoms with Crippen molar-refractivity contribution in [1.29, 1.82) is 0 Å². The summed E-state index contributed by atoms with van der Waals surface area (Å²) in [5.41, 5.74) is 0. The van der Waals surface area contributed by atoms with Gasteiger partial charge in [0, 0.05) is 44.8 Å². The second-order valence-electron chi connectivity index (χ2n) is 6.49. The average Bonchev–Trinajstić information content (AvgIpc) is 3.24. The minimum absolute atomic E-state index is 0.744. The van der Waals surface area contributed by atoms with E-state index in [0.29, 0.717) is 0 Å². The lowest BCUT2D eigenvalue weighted by Gasteiger charge is -2.50. The molecule has 1 saturated carbocycles. The van der Waals surface area contributed by atoms with Crippen molar-refractivity contribution >= 4 is 0 Å². The van der Waals surface area contributed by atoms with Crippen LogP contribution in [-0.2, 0) is 0 Å². The molecule has 0 aromatic rings. The highest BCUT2D eigenvalue weighted by atomic mass is 15.4. The van der Waals surface area contributed by atoms with Gasteiger partial charge in [0.1, 0.15) is 0 Å². The van der Waals surface area contributed by atoms with Crippen molar-refractivity contribution in [1.82, 2.24) is 15.1 Å². The molecule has 2 atom stereocenters. The highest BCUT2D eigenvalue weighted by molar-refractivity contribution is 4.95. The first kappa shape index (κ1) is 12.9. The van der Waals surface area contributed by atoms with Gasteiger partial charge in [-0.15, -0.1) is 0 Å². The summed E-state index contributed by atoms with van der Waals surface area (Å²) in [6, 6.07) is 1.53. The van der Waals surface area contributed by atoms with Crippen molar-refractivity contribution in [3.8, 4) is 0 Å². The highest BCUT2D eigenvalue weighted by Crippen LogP contribution is 2.34. The van der Waals surface area contributed by atoms with Gasteiger partial charge in [0.25, 0.3) is 0 Å². The van der Waals surface area contributed by atoms with E-state index < -0.39 is 0 Å². The third kappa shape index (κ3) is 3.06. The molecule has 4 aliphatic rings. The molecule has 0 aromatic heterocycles. The predicted octanol–water partition coefficient (Wildman–Crippen LogP) is 1.54. The van der Waals surface area contributed by atoms with Gasteiger partial charge in [0.2, 0.25) is 0 Å². The van der Waals surface area contributed by atoms with Crippen LogP contribution in [0, 0.1) is 5.92 Å². The van der Waals surface area contributed by atoms with E-state index in [9.17, 15) is 0 Å². The summed E-state index contributed by atoms with van der Waals surface area (Å²) in [5.74, 6) is 1.08. The summed E-state index contributed by atoms with van der Waals surface area (Å²) < 4.78 is 0. The van der Waals surface area contributed by atoms with Gasteiger partial charge in [-0.1, -0.05) is 19.8 Å². The van der Waals surface area contributed by atoms with Crippen LogP contribution in [0.4, 0.5) is 0 Å². The van der Waals surface area contributed by atoms with E-state index in [-0.39, 0.29) is 0 Å². The number of hydrogen-bond donors (Lipinski definition) is 1. The number of piperazine rings is 3. The van der Waals surface area contributed by atoms with Crippen LogP contribution in [0.25, 0.3) is 0 Å². The van der Waals surface area contributed by atoms with E-state index in [0.717, 1.165) is 18.0 Å². The lowest BCUT2D eigenvalue weighted by atomic mass is 9.95. The molecule has 4 fully saturated rings. The molecule has 4 rings (SSSR count). The summed E-state index contributed by atoms with van der Waals surface area (Å²) in [7, 11) is 0. The van der Waals surface area contributed by atoms with Gasteiger partial charge in [-0.3, -0.25) is 9.80 Å². The van der Waals surface area contributed by atoms with Crippen molar-refractivity contribution in [3.05, 3.63) is 0 Å². The molecular formula is C15H29N3. The number of nitrogens with one attached hydrogen (secondary N) is 1. The number of hydrogen-bond acceptors (Lipinski definition) is 3. The fourth-order valence-corrected chi connectivity index (χ4v) is 3.62. The maximum atomic E-state index is 3.84. The first-order chi connectivity index (χ1) is 8.86. The topological polar surface area (TPSA) is 18.5 Å². The zero-order chi connectivity index (χ0) is 12.4. The molecule has 3 aliphatic heterocycles. The minimum Gasteiger partial charge on any atom is -0.312 e. The van der Waals surface area contributed by atoms with Crippen LogP contribution in [0.3, 0.4) is 0 Å². The Morgan fingerprint density at radius 2 is 1.94 bits per heavy atom. The quantitative estimate of drug-likeness (QED) is 0.740. The van der Waals surface area contributed by atoms with Crippen LogP contribution in [0.5, 0.6) is 0 Å². The monoisotopic (exact) mass is 251 g/mol. The van der Waals surface area contributed by atoms with Crippen molar-refractivity contribution in [3.63, 3.8) is 0 Å². The maximum Gasteiger partial charge on any atom is 0.0377 e. The summed E-state index contributed by atoms with van der Waals surface area (Å²) in [6.07, 6.45) is 7.13. The Morgan fingerprint density at radius 1 is 1.17 bits per heavy atom. The van der Waals surface area contributed by atoms with Crippen molar-refractivity contribution in [2.75, 3.05) is 39.3 Å². The third-order valence-corrected chi connectivity index (χ3v) is 5.02. The fourth-order valence-electron chi connectivity index (χ4n) is 3.62. The van der Waals surface area contributed by atoms with E-state index in [1.54, 1.807) is 0 Å². The molecule has 3 nitrogen and oxygen atoms in total. The van der Waals surface area contributed by atoms with Crippen LogP contribution < -0.4 is 5.32 Å². The molecular weight excluding hydrogens is 222 g/mol. The Morgan fingerprint density at radius 3 is 2.50 bits per heavy atom. The molecule has 0 radical (unpaired) electrons. The van der Waals surface area contributed by atoms with E-state index in [1.807, 2.05) is 0 Å². The van der Waals surface area contributed by atoms with Crippen molar-refractivity contribution in [2.45, 2.75) is 51.1 Å². The molecule has 18 heavy (non-hydrogen) atoms. The molecule has 2 unspecified atom stereocenters. The second kappa shape index (κ2) is 5.89. The highest BCUT2D eigenvalue weighted by Gasteiger charge is 2.36. The van der Waals surface area contributed by atoms with E-state index in [2.05, 4.69) is 22.0 Å². The van der Waals surface area contributed by atoms with Crippen molar-refractivity contribution < 1.29 is 0 Å². The SMILES string of the molecule is CCCNC(CCC1CC1)C1CN2CCN1CC2. The summed E-state index contributed by atoms with van der Waals surface area (Å²) in [6.45, 7) is 10.0. The Kier molecular flexibility index (Phi) is 4.22. The summed E-state index contributed by atoms with van der Waals surface area (Å²) in [5, 5.41) is 3.84. The largest absolute Gasteiger partial charge is 0.312 e. The van der Waals surface area contributed by atoms with Crippen LogP contribution >= 0.6 is 0 Å². The average molecular weight is 251 g/mol. The predicted molar refractivity (Wildman–Crippen MR) is 75.8 cm³/mol. The molecule has 0 aromatic carbocycles. The van der Waals surface area contributed by atoms with Crippen molar-refractivity contribution in [2.24, 2.45) is 5.92 Å². The van der Waals surface area contributed by atoms with E-state index >= 15 is 0 Å². The number of rotatable bonds is 7. The second-order valence-corrected chi connectivity index (χ2v) is 6.49. The van der Waals surface area contributed by atoms with Crippen LogP contribution in [0.15, 0.2) is 0 Å². The Hall–Kier alpha value is -0.120. The number of nitrogens with zero attached hydrogens (tertiary/aromatic N) is 2. The lowest BCUT2D eigenvalue weighted by Crippen LogP contribution is -2.66. The molecule has 3 heteroatoms. The molecule has 3 heterocycles. The Bertz CT molecular complexity index is 256. The van der Waals surface area contributed by atoms with Crippen LogP contribution in [0.1, 0.15) is 39.0 Å². The molecule has 0 spiro atoms. The molecule has 104 valence electrons. The van der Waals surface area contributed by atoms with Gasteiger partial charge in [-0.25, -0.2) is 0 Å². The fraction of sp³-hybridized carbons (Fsp3) is 1.00. The maximum absolute atomic E-state index is 3.84. The summed E-state index contributed by atoms with van der Waals surface area (Å²) in [4.78, 5) is 5.42. The minimum atomic E-state index is 0.744. The third-order valence-electron chi connectivity index (χ3n) is 5.02. The zero-order valence-electron chi connectivity index (χ0n) is 11.9.